The fourth-order valence-electron chi connectivity index (χ4n) is 3.42. The van der Waals surface area contributed by atoms with E-state index < -0.39 is 0 Å². The zero-order valence-electron chi connectivity index (χ0n) is 17.5. The highest BCUT2D eigenvalue weighted by Gasteiger charge is 2.27. The zero-order valence-corrected chi connectivity index (χ0v) is 17.5. The molecule has 1 aromatic rings. The molecule has 156 valence electrons. The summed E-state index contributed by atoms with van der Waals surface area (Å²) in [5, 5.41) is 3.02. The lowest BCUT2D eigenvalue weighted by molar-refractivity contribution is -0.135. The summed E-state index contributed by atoms with van der Waals surface area (Å²) in [6.45, 7) is 2.92. The Labute approximate surface area is 168 Å². The first kappa shape index (κ1) is 22.0. The van der Waals surface area contributed by atoms with Gasteiger partial charge in [-0.05, 0) is 57.6 Å². The largest absolute Gasteiger partial charge is 0.493 e. The van der Waals surface area contributed by atoms with E-state index in [1.54, 1.807) is 14.2 Å². The number of nitrogens with one attached hydrogen (secondary N) is 1. The third-order valence-electron chi connectivity index (χ3n) is 5.10. The van der Waals surface area contributed by atoms with Crippen LogP contribution in [0, 0.1) is 5.92 Å². The van der Waals surface area contributed by atoms with Gasteiger partial charge in [0.25, 0.3) is 0 Å². The number of nitrogens with zero attached hydrogens (tertiary/aromatic N) is 2. The number of hydrogen-bond donors (Lipinski definition) is 1. The highest BCUT2D eigenvalue weighted by molar-refractivity contribution is 5.81. The van der Waals surface area contributed by atoms with Gasteiger partial charge in [-0.2, -0.15) is 0 Å². The van der Waals surface area contributed by atoms with E-state index >= 15 is 0 Å². The van der Waals surface area contributed by atoms with Crippen molar-refractivity contribution in [2.75, 3.05) is 54.5 Å². The van der Waals surface area contributed by atoms with Crippen LogP contribution in [0.1, 0.15) is 24.8 Å². The van der Waals surface area contributed by atoms with Gasteiger partial charge in [0, 0.05) is 25.6 Å². The van der Waals surface area contributed by atoms with Crippen molar-refractivity contribution >= 4 is 11.8 Å². The van der Waals surface area contributed by atoms with Gasteiger partial charge in [0.1, 0.15) is 0 Å². The molecular weight excluding hydrogens is 358 g/mol. The second kappa shape index (κ2) is 10.9. The van der Waals surface area contributed by atoms with Crippen molar-refractivity contribution in [1.29, 1.82) is 0 Å². The lowest BCUT2D eigenvalue weighted by atomic mass is 9.95. The Bertz CT molecular complexity index is 655. The number of piperidine rings is 1. The number of ether oxygens (including phenoxy) is 2. The Morgan fingerprint density at radius 3 is 2.43 bits per heavy atom. The monoisotopic (exact) mass is 391 g/mol. The van der Waals surface area contributed by atoms with Crippen molar-refractivity contribution in [1.82, 2.24) is 15.1 Å². The van der Waals surface area contributed by atoms with Gasteiger partial charge in [-0.25, -0.2) is 0 Å². The molecule has 2 rings (SSSR count). The Balaban J connectivity index is 1.78. The molecule has 1 heterocycles. The molecule has 1 saturated heterocycles. The quantitative estimate of drug-likeness (QED) is 0.647. The van der Waals surface area contributed by atoms with Crippen molar-refractivity contribution in [3.8, 4) is 11.5 Å². The molecule has 0 radical (unpaired) electrons. The van der Waals surface area contributed by atoms with Crippen molar-refractivity contribution in [3.63, 3.8) is 0 Å². The predicted molar refractivity (Wildman–Crippen MR) is 109 cm³/mol. The average molecular weight is 392 g/mol. The Morgan fingerprint density at radius 2 is 1.82 bits per heavy atom. The van der Waals surface area contributed by atoms with Crippen LogP contribution in [0.4, 0.5) is 0 Å². The smallest absolute Gasteiger partial charge is 0.226 e. The first-order valence-corrected chi connectivity index (χ1v) is 9.85. The molecule has 1 aliphatic heterocycles. The average Bonchev–Trinajstić information content (AvgIpc) is 2.70. The molecular formula is C21H33N3O4. The zero-order chi connectivity index (χ0) is 20.5. The van der Waals surface area contributed by atoms with E-state index in [2.05, 4.69) is 10.2 Å². The summed E-state index contributed by atoms with van der Waals surface area (Å²) in [6, 6.07) is 5.53. The van der Waals surface area contributed by atoms with Crippen LogP contribution in [-0.2, 0) is 16.0 Å². The maximum atomic E-state index is 12.6. The van der Waals surface area contributed by atoms with Crippen LogP contribution in [0.15, 0.2) is 18.2 Å². The minimum atomic E-state index is 0.00415. The van der Waals surface area contributed by atoms with Gasteiger partial charge in [-0.3, -0.25) is 9.59 Å². The van der Waals surface area contributed by atoms with Crippen molar-refractivity contribution in [3.05, 3.63) is 23.8 Å². The summed E-state index contributed by atoms with van der Waals surface area (Å²) < 4.78 is 10.5. The number of carbonyl (C=O) groups excluding carboxylic acids is 2. The van der Waals surface area contributed by atoms with Crippen LogP contribution >= 0.6 is 0 Å². The number of carbonyl (C=O) groups is 2. The Hall–Kier alpha value is -2.28. The third-order valence-corrected chi connectivity index (χ3v) is 5.10. The van der Waals surface area contributed by atoms with Gasteiger partial charge in [0.05, 0.1) is 20.6 Å². The molecule has 0 spiro atoms. The van der Waals surface area contributed by atoms with Crippen LogP contribution in [-0.4, -0.2) is 76.1 Å². The van der Waals surface area contributed by atoms with Gasteiger partial charge in [0.2, 0.25) is 11.8 Å². The molecule has 28 heavy (non-hydrogen) atoms. The maximum absolute atomic E-state index is 12.6. The van der Waals surface area contributed by atoms with Gasteiger partial charge in [-0.1, -0.05) is 6.07 Å². The Kier molecular flexibility index (Phi) is 8.57. The Morgan fingerprint density at radius 1 is 1.14 bits per heavy atom. The van der Waals surface area contributed by atoms with Crippen LogP contribution in [0.25, 0.3) is 0 Å². The lowest BCUT2D eigenvalue weighted by Gasteiger charge is -2.31. The van der Waals surface area contributed by atoms with E-state index in [9.17, 15) is 9.59 Å². The second-order valence-electron chi connectivity index (χ2n) is 7.47. The summed E-state index contributed by atoms with van der Waals surface area (Å²) in [6.07, 6.45) is 2.71. The molecule has 0 bridgehead atoms. The van der Waals surface area contributed by atoms with Crippen LogP contribution < -0.4 is 14.8 Å². The van der Waals surface area contributed by atoms with E-state index in [1.807, 2.05) is 37.2 Å². The third kappa shape index (κ3) is 6.41. The molecule has 1 N–H and O–H groups in total. The normalized spacial score (nSPS) is 14.8. The van der Waals surface area contributed by atoms with Crippen LogP contribution in [0.2, 0.25) is 0 Å². The molecule has 1 fully saturated rings. The number of benzene rings is 1. The second-order valence-corrected chi connectivity index (χ2v) is 7.47. The first-order chi connectivity index (χ1) is 13.4. The molecule has 7 nitrogen and oxygen atoms in total. The summed E-state index contributed by atoms with van der Waals surface area (Å²) in [5.74, 6) is 1.47. The van der Waals surface area contributed by atoms with E-state index in [0.717, 1.165) is 31.4 Å². The maximum Gasteiger partial charge on any atom is 0.226 e. The minimum absolute atomic E-state index is 0.00415. The SMILES string of the molecule is COc1ccc(CC(=O)N2CCC(C(=O)NCCCN(C)C)CC2)cc1OC. The molecule has 0 aromatic heterocycles. The number of amides is 2. The predicted octanol–water partition coefficient (Wildman–Crippen LogP) is 1.55. The van der Waals surface area contributed by atoms with Crippen molar-refractivity contribution in [2.24, 2.45) is 5.92 Å². The fourth-order valence-corrected chi connectivity index (χ4v) is 3.42. The van der Waals surface area contributed by atoms with Crippen molar-refractivity contribution < 1.29 is 19.1 Å². The summed E-state index contributed by atoms with van der Waals surface area (Å²) in [5.41, 5.74) is 0.892. The standard InChI is InChI=1S/C21H33N3O4/c1-23(2)11-5-10-22-21(26)17-8-12-24(13-9-17)20(25)15-16-6-7-18(27-3)19(14-16)28-4/h6-7,14,17H,5,8-13,15H2,1-4H3,(H,22,26). The molecule has 2 amide bonds. The van der Waals surface area contributed by atoms with E-state index in [1.165, 1.54) is 0 Å². The highest BCUT2D eigenvalue weighted by Crippen LogP contribution is 2.28. The van der Waals surface area contributed by atoms with Gasteiger partial charge in [0.15, 0.2) is 11.5 Å². The minimum Gasteiger partial charge on any atom is -0.493 e. The number of hydrogen-bond acceptors (Lipinski definition) is 5. The highest BCUT2D eigenvalue weighted by atomic mass is 16.5. The van der Waals surface area contributed by atoms with Gasteiger partial charge >= 0.3 is 0 Å². The number of likely N-dealkylation sites (tertiary alicyclic amines) is 1. The fraction of sp³-hybridized carbons (Fsp3) is 0.619. The molecule has 0 aliphatic carbocycles. The molecule has 0 saturated carbocycles. The number of methoxy groups -OCH3 is 2. The lowest BCUT2D eigenvalue weighted by Crippen LogP contribution is -2.43. The molecule has 1 aromatic carbocycles. The summed E-state index contributed by atoms with van der Waals surface area (Å²) >= 11 is 0. The van der Waals surface area contributed by atoms with Gasteiger partial charge in [-0.15, -0.1) is 0 Å². The topological polar surface area (TPSA) is 71.1 Å². The molecule has 0 atom stereocenters. The number of rotatable bonds is 9. The summed E-state index contributed by atoms with van der Waals surface area (Å²) in [4.78, 5) is 28.9. The van der Waals surface area contributed by atoms with E-state index in [4.69, 9.17) is 9.47 Å². The molecule has 0 unspecified atom stereocenters. The van der Waals surface area contributed by atoms with E-state index in [-0.39, 0.29) is 17.7 Å². The molecule has 1 aliphatic rings. The van der Waals surface area contributed by atoms with E-state index in [0.29, 0.717) is 37.6 Å². The van der Waals surface area contributed by atoms with Crippen LogP contribution in [0.5, 0.6) is 11.5 Å². The van der Waals surface area contributed by atoms with Crippen LogP contribution in [0.3, 0.4) is 0 Å². The van der Waals surface area contributed by atoms with Crippen molar-refractivity contribution in [2.45, 2.75) is 25.7 Å². The molecule has 7 heteroatoms. The van der Waals surface area contributed by atoms with Gasteiger partial charge < -0.3 is 24.6 Å². The summed E-state index contributed by atoms with van der Waals surface area (Å²) in [7, 11) is 7.22. The first-order valence-electron chi connectivity index (χ1n) is 9.85.